The molecule has 26 heavy (non-hydrogen) atoms. The number of nitrogens with zero attached hydrogens (tertiary/aromatic N) is 7. The highest BCUT2D eigenvalue weighted by atomic mass is 32.2. The van der Waals surface area contributed by atoms with Crippen LogP contribution in [0.25, 0.3) is 21.6 Å². The Morgan fingerprint density at radius 2 is 2.12 bits per heavy atom. The van der Waals surface area contributed by atoms with E-state index in [0.29, 0.717) is 5.82 Å². The van der Waals surface area contributed by atoms with Crippen molar-refractivity contribution in [3.8, 4) is 11.4 Å². The van der Waals surface area contributed by atoms with Crippen LogP contribution < -0.4 is 0 Å². The van der Waals surface area contributed by atoms with E-state index in [0.717, 1.165) is 33.4 Å². The van der Waals surface area contributed by atoms with Crippen LogP contribution in [0.4, 0.5) is 0 Å². The van der Waals surface area contributed by atoms with Gasteiger partial charge in [0.25, 0.3) is 0 Å². The lowest BCUT2D eigenvalue weighted by molar-refractivity contribution is 0.664. The summed E-state index contributed by atoms with van der Waals surface area (Å²) in [7, 11) is 1.84. The molecule has 130 valence electrons. The molecule has 0 aliphatic heterocycles. The lowest BCUT2D eigenvalue weighted by Crippen LogP contribution is -2.00. The lowest BCUT2D eigenvalue weighted by Gasteiger charge is -2.11. The number of thiophene rings is 1. The first kappa shape index (κ1) is 15.8. The maximum Gasteiger partial charge on any atom is 0.215 e. The van der Waals surface area contributed by atoms with Crippen molar-refractivity contribution < 1.29 is 0 Å². The van der Waals surface area contributed by atoms with Crippen LogP contribution in [0, 0.1) is 0 Å². The number of hydrogen-bond donors (Lipinski definition) is 0. The van der Waals surface area contributed by atoms with Gasteiger partial charge >= 0.3 is 0 Å². The molecule has 0 spiro atoms. The summed E-state index contributed by atoms with van der Waals surface area (Å²) in [4.78, 5) is 16.4. The van der Waals surface area contributed by atoms with Crippen molar-refractivity contribution in [2.45, 2.75) is 35.9 Å². The predicted octanol–water partition coefficient (Wildman–Crippen LogP) is 3.31. The molecule has 0 N–H and O–H groups in total. The zero-order valence-electron chi connectivity index (χ0n) is 14.1. The van der Waals surface area contributed by atoms with Gasteiger partial charge in [-0.1, -0.05) is 0 Å². The zero-order chi connectivity index (χ0) is 17.5. The van der Waals surface area contributed by atoms with Crippen LogP contribution in [0.3, 0.4) is 0 Å². The van der Waals surface area contributed by atoms with E-state index in [1.165, 1.54) is 40.4 Å². The normalized spacial score (nSPS) is 13.9. The molecule has 0 amide bonds. The van der Waals surface area contributed by atoms with Crippen molar-refractivity contribution in [2.75, 3.05) is 0 Å². The molecule has 0 aromatic carbocycles. The van der Waals surface area contributed by atoms with E-state index in [9.17, 15) is 0 Å². The molecule has 0 fully saturated rings. The molecule has 0 saturated heterocycles. The third-order valence-electron chi connectivity index (χ3n) is 4.47. The summed E-state index contributed by atoms with van der Waals surface area (Å²) in [5.74, 6) is 0.696. The minimum atomic E-state index is 0.696. The van der Waals surface area contributed by atoms with E-state index in [4.69, 9.17) is 9.97 Å². The fourth-order valence-corrected chi connectivity index (χ4v) is 5.41. The Balaban J connectivity index is 1.73. The molecule has 4 aromatic heterocycles. The van der Waals surface area contributed by atoms with E-state index < -0.39 is 0 Å². The topological polar surface area (TPSA) is 82.3 Å². The fraction of sp³-hybridized carbons (Fsp3) is 0.294. The lowest BCUT2D eigenvalue weighted by atomic mass is 9.97. The number of aryl methyl sites for hydroxylation is 3. The first-order valence-corrected chi connectivity index (χ1v) is 10.1. The Kier molecular flexibility index (Phi) is 3.90. The van der Waals surface area contributed by atoms with Crippen molar-refractivity contribution in [1.82, 2.24) is 35.2 Å². The highest BCUT2D eigenvalue weighted by Crippen LogP contribution is 2.41. The highest BCUT2D eigenvalue weighted by molar-refractivity contribution is 7.99. The van der Waals surface area contributed by atoms with E-state index in [1.54, 1.807) is 28.4 Å². The van der Waals surface area contributed by atoms with Gasteiger partial charge in [-0.05, 0) is 65.6 Å². The first-order chi connectivity index (χ1) is 12.8. The summed E-state index contributed by atoms with van der Waals surface area (Å²) in [6.07, 6.45) is 8.25. The van der Waals surface area contributed by atoms with Crippen LogP contribution in [0.15, 0.2) is 34.7 Å². The number of pyridine rings is 1. The maximum absolute atomic E-state index is 4.88. The Bertz CT molecular complexity index is 1090. The van der Waals surface area contributed by atoms with Crippen LogP contribution in [0.2, 0.25) is 0 Å². The van der Waals surface area contributed by atoms with Gasteiger partial charge in [-0.3, -0.25) is 4.98 Å². The minimum absolute atomic E-state index is 0.696. The zero-order valence-corrected chi connectivity index (χ0v) is 15.7. The number of tetrazole rings is 1. The van der Waals surface area contributed by atoms with Gasteiger partial charge in [0, 0.05) is 35.3 Å². The Hall–Kier alpha value is -2.39. The largest absolute Gasteiger partial charge is 0.264 e. The van der Waals surface area contributed by atoms with Gasteiger partial charge in [0.05, 0.1) is 0 Å². The molecular formula is C17H15N7S2. The highest BCUT2D eigenvalue weighted by Gasteiger charge is 2.23. The third-order valence-corrected chi connectivity index (χ3v) is 6.67. The summed E-state index contributed by atoms with van der Waals surface area (Å²) in [5, 5.41) is 14.6. The van der Waals surface area contributed by atoms with Crippen molar-refractivity contribution >= 4 is 33.3 Å². The van der Waals surface area contributed by atoms with E-state index in [-0.39, 0.29) is 0 Å². The average Bonchev–Trinajstić information content (AvgIpc) is 3.25. The molecule has 0 bridgehead atoms. The standard InChI is InChI=1S/C17H15N7S2/c1-24-17(21-22-23-24)26-16-13-11-6-2-3-7-12(11)25-15(13)19-14(20-16)10-5-4-8-18-9-10/h4-5,8-9H,2-3,6-7H2,1H3. The van der Waals surface area contributed by atoms with Gasteiger partial charge in [-0.25, -0.2) is 14.6 Å². The molecule has 1 aliphatic carbocycles. The van der Waals surface area contributed by atoms with Crippen LogP contribution in [-0.2, 0) is 19.9 Å². The van der Waals surface area contributed by atoms with E-state index >= 15 is 0 Å². The predicted molar refractivity (Wildman–Crippen MR) is 100 cm³/mol. The van der Waals surface area contributed by atoms with Gasteiger partial charge in [-0.15, -0.1) is 16.4 Å². The summed E-state index contributed by atoms with van der Waals surface area (Å²) in [6.45, 7) is 0. The molecule has 0 unspecified atom stereocenters. The molecule has 5 rings (SSSR count). The van der Waals surface area contributed by atoms with Crippen LogP contribution in [-0.4, -0.2) is 35.2 Å². The van der Waals surface area contributed by atoms with E-state index in [2.05, 4.69) is 20.5 Å². The molecule has 7 nitrogen and oxygen atoms in total. The second kappa shape index (κ2) is 6.40. The molecule has 9 heteroatoms. The average molecular weight is 381 g/mol. The summed E-state index contributed by atoms with van der Waals surface area (Å²) in [5.41, 5.74) is 2.32. The van der Waals surface area contributed by atoms with Crippen LogP contribution >= 0.6 is 23.1 Å². The molecule has 0 saturated carbocycles. The molecule has 1 aliphatic rings. The van der Waals surface area contributed by atoms with Crippen LogP contribution in [0.5, 0.6) is 0 Å². The Labute approximate surface area is 157 Å². The third kappa shape index (κ3) is 2.67. The smallest absolute Gasteiger partial charge is 0.215 e. The van der Waals surface area contributed by atoms with E-state index in [1.807, 2.05) is 19.2 Å². The van der Waals surface area contributed by atoms with Crippen molar-refractivity contribution in [3.63, 3.8) is 0 Å². The fourth-order valence-electron chi connectivity index (χ4n) is 3.22. The van der Waals surface area contributed by atoms with Gasteiger partial charge in [0.15, 0.2) is 5.82 Å². The van der Waals surface area contributed by atoms with Crippen molar-refractivity contribution in [2.24, 2.45) is 7.05 Å². The molecule has 4 aromatic rings. The van der Waals surface area contributed by atoms with Crippen molar-refractivity contribution in [1.29, 1.82) is 0 Å². The molecular weight excluding hydrogens is 366 g/mol. The minimum Gasteiger partial charge on any atom is -0.264 e. The maximum atomic E-state index is 4.88. The van der Waals surface area contributed by atoms with Gasteiger partial charge < -0.3 is 0 Å². The number of aromatic nitrogens is 7. The number of fused-ring (bicyclic) bond motifs is 3. The monoisotopic (exact) mass is 381 g/mol. The summed E-state index contributed by atoms with van der Waals surface area (Å²) < 4.78 is 1.67. The summed E-state index contributed by atoms with van der Waals surface area (Å²) in [6, 6.07) is 3.89. The van der Waals surface area contributed by atoms with Crippen LogP contribution in [0.1, 0.15) is 23.3 Å². The number of hydrogen-bond acceptors (Lipinski definition) is 8. The molecule has 0 atom stereocenters. The first-order valence-electron chi connectivity index (χ1n) is 8.42. The molecule has 0 radical (unpaired) electrons. The van der Waals surface area contributed by atoms with Gasteiger partial charge in [0.1, 0.15) is 9.86 Å². The van der Waals surface area contributed by atoms with Gasteiger partial charge in [0.2, 0.25) is 5.16 Å². The Morgan fingerprint density at radius 3 is 2.92 bits per heavy atom. The summed E-state index contributed by atoms with van der Waals surface area (Å²) >= 11 is 3.29. The second-order valence-electron chi connectivity index (χ2n) is 6.17. The molecule has 4 heterocycles. The second-order valence-corrected chi connectivity index (χ2v) is 8.21. The Morgan fingerprint density at radius 1 is 1.19 bits per heavy atom. The SMILES string of the molecule is Cn1nnnc1Sc1nc(-c2cccnc2)nc2sc3c(c12)CCCC3. The van der Waals surface area contributed by atoms with Crippen molar-refractivity contribution in [3.05, 3.63) is 35.0 Å². The quantitative estimate of drug-likeness (QED) is 0.504. The number of rotatable bonds is 3. The van der Waals surface area contributed by atoms with Gasteiger partial charge in [-0.2, -0.15) is 0 Å².